The van der Waals surface area contributed by atoms with E-state index in [0.29, 0.717) is 24.7 Å². The number of alkyl halides is 1. The first-order chi connectivity index (χ1) is 11.2. The monoisotopic (exact) mass is 335 g/mol. The number of rotatable bonds is 8. The maximum absolute atomic E-state index is 12.2. The second kappa shape index (κ2) is 8.63. The van der Waals surface area contributed by atoms with E-state index < -0.39 is 0 Å². The lowest BCUT2D eigenvalue weighted by atomic mass is 10.1. The summed E-state index contributed by atoms with van der Waals surface area (Å²) >= 11 is 5.67. The molecule has 0 unspecified atom stereocenters. The highest BCUT2D eigenvalue weighted by Gasteiger charge is 2.15. The zero-order valence-electron chi connectivity index (χ0n) is 13.5. The first-order valence-electron chi connectivity index (χ1n) is 7.76. The molecule has 0 aliphatic heterocycles. The Balaban J connectivity index is 1.78. The zero-order valence-corrected chi connectivity index (χ0v) is 14.3. The number of carbonyl (C=O) groups is 1. The third kappa shape index (κ3) is 4.76. The topological polar surface area (TPSA) is 42.7 Å². The molecule has 0 fully saturated rings. The standard InChI is InChI=1S/C18H22ClNO3/c1-3-14-7-4-5-8-16(14)22-12-6-11-20(2)18(21)17-10-9-15(13-19)23-17/h4-5,7-10H,3,6,11-13H2,1-2H3. The number of para-hydroxylation sites is 1. The minimum Gasteiger partial charge on any atom is -0.493 e. The van der Waals surface area contributed by atoms with Gasteiger partial charge < -0.3 is 14.1 Å². The van der Waals surface area contributed by atoms with Gasteiger partial charge in [0.1, 0.15) is 11.5 Å². The van der Waals surface area contributed by atoms with Gasteiger partial charge in [-0.3, -0.25) is 4.79 Å². The molecule has 1 heterocycles. The van der Waals surface area contributed by atoms with E-state index in [1.165, 1.54) is 5.56 Å². The second-order valence-corrected chi connectivity index (χ2v) is 5.56. The maximum Gasteiger partial charge on any atom is 0.289 e. The van der Waals surface area contributed by atoms with Crippen molar-refractivity contribution in [3.8, 4) is 5.75 Å². The van der Waals surface area contributed by atoms with E-state index in [1.54, 1.807) is 24.1 Å². The molecule has 2 aromatic rings. The summed E-state index contributed by atoms with van der Waals surface area (Å²) in [5.74, 6) is 1.96. The van der Waals surface area contributed by atoms with Crippen LogP contribution in [0.1, 0.15) is 35.2 Å². The Morgan fingerprint density at radius 1 is 1.26 bits per heavy atom. The molecule has 0 saturated heterocycles. The molecule has 0 aliphatic rings. The van der Waals surface area contributed by atoms with Crippen molar-refractivity contribution in [3.63, 3.8) is 0 Å². The molecule has 0 saturated carbocycles. The number of carbonyl (C=O) groups excluding carboxylic acids is 1. The number of nitrogens with zero attached hydrogens (tertiary/aromatic N) is 1. The smallest absolute Gasteiger partial charge is 0.289 e. The fourth-order valence-electron chi connectivity index (χ4n) is 2.27. The number of ether oxygens (including phenoxy) is 1. The van der Waals surface area contributed by atoms with Crippen LogP contribution in [-0.2, 0) is 12.3 Å². The first-order valence-corrected chi connectivity index (χ1v) is 8.30. The van der Waals surface area contributed by atoms with E-state index in [4.69, 9.17) is 20.8 Å². The van der Waals surface area contributed by atoms with Gasteiger partial charge in [0, 0.05) is 13.6 Å². The van der Waals surface area contributed by atoms with Gasteiger partial charge in [0.15, 0.2) is 5.76 Å². The SMILES string of the molecule is CCc1ccccc1OCCCN(C)C(=O)c1ccc(CCl)o1. The van der Waals surface area contributed by atoms with E-state index in [2.05, 4.69) is 13.0 Å². The Bertz CT molecular complexity index is 639. The van der Waals surface area contributed by atoms with Crippen LogP contribution in [0.15, 0.2) is 40.8 Å². The molecule has 124 valence electrons. The lowest BCUT2D eigenvalue weighted by molar-refractivity contribution is 0.0755. The number of benzene rings is 1. The predicted molar refractivity (Wildman–Crippen MR) is 91.2 cm³/mol. The van der Waals surface area contributed by atoms with E-state index in [9.17, 15) is 4.79 Å². The third-order valence-corrected chi connectivity index (χ3v) is 3.86. The molecule has 0 aliphatic carbocycles. The summed E-state index contributed by atoms with van der Waals surface area (Å²) in [6, 6.07) is 11.4. The fourth-order valence-corrected chi connectivity index (χ4v) is 2.42. The maximum atomic E-state index is 12.2. The number of amides is 1. The van der Waals surface area contributed by atoms with Crippen molar-refractivity contribution in [1.82, 2.24) is 4.90 Å². The minimum atomic E-state index is -0.143. The Morgan fingerprint density at radius 2 is 2.04 bits per heavy atom. The minimum absolute atomic E-state index is 0.143. The summed E-state index contributed by atoms with van der Waals surface area (Å²) in [6.45, 7) is 3.27. The summed E-state index contributed by atoms with van der Waals surface area (Å²) in [5, 5.41) is 0. The van der Waals surface area contributed by atoms with Crippen molar-refractivity contribution >= 4 is 17.5 Å². The number of aryl methyl sites for hydroxylation is 1. The van der Waals surface area contributed by atoms with Gasteiger partial charge in [-0.25, -0.2) is 0 Å². The molecule has 1 aromatic carbocycles. The summed E-state index contributed by atoms with van der Waals surface area (Å²) in [7, 11) is 1.76. The average Bonchev–Trinajstić information content (AvgIpc) is 3.07. The highest BCUT2D eigenvalue weighted by molar-refractivity contribution is 6.16. The van der Waals surface area contributed by atoms with Crippen LogP contribution in [0.5, 0.6) is 5.75 Å². The van der Waals surface area contributed by atoms with Crippen LogP contribution in [0, 0.1) is 0 Å². The van der Waals surface area contributed by atoms with Crippen molar-refractivity contribution in [2.75, 3.05) is 20.2 Å². The van der Waals surface area contributed by atoms with Crippen molar-refractivity contribution in [2.24, 2.45) is 0 Å². The molecule has 0 bridgehead atoms. The highest BCUT2D eigenvalue weighted by Crippen LogP contribution is 2.18. The van der Waals surface area contributed by atoms with Gasteiger partial charge >= 0.3 is 0 Å². The van der Waals surface area contributed by atoms with Gasteiger partial charge in [-0.15, -0.1) is 11.6 Å². The molecule has 0 atom stereocenters. The molecule has 23 heavy (non-hydrogen) atoms. The van der Waals surface area contributed by atoms with Crippen LogP contribution >= 0.6 is 11.6 Å². The van der Waals surface area contributed by atoms with Gasteiger partial charge in [-0.05, 0) is 36.6 Å². The van der Waals surface area contributed by atoms with Crippen LogP contribution < -0.4 is 4.74 Å². The van der Waals surface area contributed by atoms with Crippen LogP contribution in [0.2, 0.25) is 0 Å². The Hall–Kier alpha value is -1.94. The lowest BCUT2D eigenvalue weighted by Gasteiger charge is -2.16. The van der Waals surface area contributed by atoms with Crippen LogP contribution in [-0.4, -0.2) is 31.0 Å². The van der Waals surface area contributed by atoms with Gasteiger partial charge in [-0.1, -0.05) is 25.1 Å². The van der Waals surface area contributed by atoms with E-state index >= 15 is 0 Å². The van der Waals surface area contributed by atoms with Crippen molar-refractivity contribution in [2.45, 2.75) is 25.6 Å². The fraction of sp³-hybridized carbons (Fsp3) is 0.389. The largest absolute Gasteiger partial charge is 0.493 e. The number of furan rings is 1. The van der Waals surface area contributed by atoms with Gasteiger partial charge in [-0.2, -0.15) is 0 Å². The van der Waals surface area contributed by atoms with Crippen LogP contribution in [0.3, 0.4) is 0 Å². The number of hydrogen-bond donors (Lipinski definition) is 0. The average molecular weight is 336 g/mol. The third-order valence-electron chi connectivity index (χ3n) is 3.60. The van der Waals surface area contributed by atoms with Crippen molar-refractivity contribution < 1.29 is 13.9 Å². The molecule has 0 radical (unpaired) electrons. The number of halogens is 1. The Morgan fingerprint density at radius 3 is 2.74 bits per heavy atom. The Kier molecular flexibility index (Phi) is 6.53. The quantitative estimate of drug-likeness (QED) is 0.538. The van der Waals surface area contributed by atoms with Crippen molar-refractivity contribution in [3.05, 3.63) is 53.5 Å². The molecule has 1 aromatic heterocycles. The lowest BCUT2D eigenvalue weighted by Crippen LogP contribution is -2.28. The summed E-state index contributed by atoms with van der Waals surface area (Å²) in [4.78, 5) is 13.8. The van der Waals surface area contributed by atoms with E-state index in [0.717, 1.165) is 18.6 Å². The molecule has 5 heteroatoms. The van der Waals surface area contributed by atoms with Gasteiger partial charge in [0.25, 0.3) is 5.91 Å². The van der Waals surface area contributed by atoms with Crippen molar-refractivity contribution in [1.29, 1.82) is 0 Å². The second-order valence-electron chi connectivity index (χ2n) is 5.29. The van der Waals surface area contributed by atoms with E-state index in [-0.39, 0.29) is 11.8 Å². The molecule has 1 amide bonds. The van der Waals surface area contributed by atoms with Crippen LogP contribution in [0.25, 0.3) is 0 Å². The van der Waals surface area contributed by atoms with Crippen LogP contribution in [0.4, 0.5) is 0 Å². The molecule has 4 nitrogen and oxygen atoms in total. The van der Waals surface area contributed by atoms with Gasteiger partial charge in [0.05, 0.1) is 12.5 Å². The Labute approximate surface area is 142 Å². The zero-order chi connectivity index (χ0) is 16.7. The van der Waals surface area contributed by atoms with E-state index in [1.807, 2.05) is 18.2 Å². The highest BCUT2D eigenvalue weighted by atomic mass is 35.5. The normalized spacial score (nSPS) is 10.6. The summed E-state index contributed by atoms with van der Waals surface area (Å²) in [6.07, 6.45) is 1.69. The molecule has 0 N–H and O–H groups in total. The molecular weight excluding hydrogens is 314 g/mol. The molecule has 0 spiro atoms. The predicted octanol–water partition coefficient (Wildman–Crippen LogP) is 4.12. The first kappa shape index (κ1) is 17.4. The summed E-state index contributed by atoms with van der Waals surface area (Å²) < 4.78 is 11.2. The molecular formula is C18H22ClNO3. The number of hydrogen-bond acceptors (Lipinski definition) is 3. The van der Waals surface area contributed by atoms with Gasteiger partial charge in [0.2, 0.25) is 0 Å². The molecule has 2 rings (SSSR count). The summed E-state index contributed by atoms with van der Waals surface area (Å²) in [5.41, 5.74) is 1.20.